The maximum Gasteiger partial charge on any atom is 0.329 e. The van der Waals surface area contributed by atoms with E-state index in [2.05, 4.69) is 5.32 Å². The quantitative estimate of drug-likeness (QED) is 0.618. The van der Waals surface area contributed by atoms with Gasteiger partial charge in [-0.2, -0.15) is 0 Å². The number of hydrogen-bond acceptors (Lipinski definition) is 5. The highest BCUT2D eigenvalue weighted by Crippen LogP contribution is 2.11. The average molecular weight is 345 g/mol. The standard InChI is InChI=1S/C18H19NO4S/c1-12(2)16(19-17(21)15-9-6-10-24-15)18(22)23-11-14(20)13-7-4-3-5-8-13/h3-10,12,16H,11H2,1-2H3,(H,19,21)/t16-/m1/s1. The monoisotopic (exact) mass is 345 g/mol. The SMILES string of the molecule is CC(C)[C@@H](NC(=O)c1cccs1)C(=O)OCC(=O)c1ccccc1. The average Bonchev–Trinajstić information content (AvgIpc) is 3.12. The van der Waals surface area contributed by atoms with Gasteiger partial charge in [0.15, 0.2) is 12.4 Å². The van der Waals surface area contributed by atoms with Gasteiger partial charge in [-0.1, -0.05) is 50.2 Å². The van der Waals surface area contributed by atoms with Gasteiger partial charge in [0.2, 0.25) is 0 Å². The van der Waals surface area contributed by atoms with Crippen molar-refractivity contribution in [3.05, 3.63) is 58.3 Å². The molecule has 126 valence electrons. The largest absolute Gasteiger partial charge is 0.456 e. The predicted molar refractivity (Wildman–Crippen MR) is 92.1 cm³/mol. The van der Waals surface area contributed by atoms with Gasteiger partial charge in [0, 0.05) is 5.56 Å². The fraction of sp³-hybridized carbons (Fsp3) is 0.278. The van der Waals surface area contributed by atoms with E-state index in [-0.39, 0.29) is 24.2 Å². The highest BCUT2D eigenvalue weighted by atomic mass is 32.1. The van der Waals surface area contributed by atoms with E-state index in [1.807, 2.05) is 0 Å². The van der Waals surface area contributed by atoms with Crippen molar-refractivity contribution in [1.82, 2.24) is 5.32 Å². The van der Waals surface area contributed by atoms with Crippen LogP contribution in [0, 0.1) is 5.92 Å². The molecule has 0 aliphatic rings. The summed E-state index contributed by atoms with van der Waals surface area (Å²) in [6.07, 6.45) is 0. The number of ether oxygens (including phenoxy) is 1. The van der Waals surface area contributed by atoms with Crippen LogP contribution in [-0.2, 0) is 9.53 Å². The lowest BCUT2D eigenvalue weighted by atomic mass is 10.0. The fourth-order valence-electron chi connectivity index (χ4n) is 2.05. The van der Waals surface area contributed by atoms with E-state index in [0.717, 1.165) is 0 Å². The van der Waals surface area contributed by atoms with Crippen LogP contribution in [-0.4, -0.2) is 30.3 Å². The van der Waals surface area contributed by atoms with Crippen LogP contribution in [0.2, 0.25) is 0 Å². The summed E-state index contributed by atoms with van der Waals surface area (Å²) >= 11 is 1.29. The fourth-order valence-corrected chi connectivity index (χ4v) is 2.68. The summed E-state index contributed by atoms with van der Waals surface area (Å²) in [5.41, 5.74) is 0.481. The second-order valence-corrected chi connectivity index (χ2v) is 6.52. The molecule has 0 aliphatic heterocycles. The molecule has 24 heavy (non-hydrogen) atoms. The zero-order chi connectivity index (χ0) is 17.5. The van der Waals surface area contributed by atoms with E-state index >= 15 is 0 Å². The number of hydrogen-bond donors (Lipinski definition) is 1. The second-order valence-electron chi connectivity index (χ2n) is 5.57. The molecule has 1 N–H and O–H groups in total. The highest BCUT2D eigenvalue weighted by Gasteiger charge is 2.27. The van der Waals surface area contributed by atoms with E-state index < -0.39 is 12.0 Å². The summed E-state index contributed by atoms with van der Waals surface area (Å²) in [5, 5.41) is 4.46. The van der Waals surface area contributed by atoms with Crippen molar-refractivity contribution in [2.24, 2.45) is 5.92 Å². The third-order valence-electron chi connectivity index (χ3n) is 3.39. The maximum absolute atomic E-state index is 12.2. The molecule has 1 atom stereocenters. The first-order valence-electron chi connectivity index (χ1n) is 7.58. The van der Waals surface area contributed by atoms with Gasteiger partial charge in [-0.05, 0) is 17.4 Å². The van der Waals surface area contributed by atoms with Crippen molar-refractivity contribution in [3.8, 4) is 0 Å². The number of esters is 1. The normalized spacial score (nSPS) is 11.8. The topological polar surface area (TPSA) is 72.5 Å². The Labute approximate surface area is 144 Å². The first-order chi connectivity index (χ1) is 11.5. The van der Waals surface area contributed by atoms with E-state index in [4.69, 9.17) is 4.74 Å². The van der Waals surface area contributed by atoms with E-state index in [1.54, 1.807) is 61.7 Å². The number of carbonyl (C=O) groups is 3. The Bertz CT molecular complexity index is 695. The zero-order valence-corrected chi connectivity index (χ0v) is 14.3. The van der Waals surface area contributed by atoms with Gasteiger partial charge in [-0.15, -0.1) is 11.3 Å². The summed E-state index contributed by atoms with van der Waals surface area (Å²) in [6, 6.07) is 11.3. The van der Waals surface area contributed by atoms with Crippen molar-refractivity contribution in [3.63, 3.8) is 0 Å². The van der Waals surface area contributed by atoms with Crippen molar-refractivity contribution in [2.45, 2.75) is 19.9 Å². The molecular weight excluding hydrogens is 326 g/mol. The Balaban J connectivity index is 1.94. The molecule has 0 saturated carbocycles. The lowest BCUT2D eigenvalue weighted by Gasteiger charge is -2.20. The Morgan fingerprint density at radius 3 is 2.38 bits per heavy atom. The van der Waals surface area contributed by atoms with E-state index in [0.29, 0.717) is 10.4 Å². The van der Waals surface area contributed by atoms with E-state index in [1.165, 1.54) is 11.3 Å². The van der Waals surface area contributed by atoms with Gasteiger partial charge < -0.3 is 10.1 Å². The minimum absolute atomic E-state index is 0.159. The third kappa shape index (κ3) is 4.76. The summed E-state index contributed by atoms with van der Waals surface area (Å²) < 4.78 is 5.10. The van der Waals surface area contributed by atoms with Crippen molar-refractivity contribution in [1.29, 1.82) is 0 Å². The molecule has 6 heteroatoms. The lowest BCUT2D eigenvalue weighted by Crippen LogP contribution is -2.45. The first-order valence-corrected chi connectivity index (χ1v) is 8.46. The molecule has 1 aromatic heterocycles. The van der Waals surface area contributed by atoms with Crippen molar-refractivity contribution in [2.75, 3.05) is 6.61 Å². The summed E-state index contributed by atoms with van der Waals surface area (Å²) in [5.74, 6) is -1.38. The minimum atomic E-state index is -0.803. The Morgan fingerprint density at radius 1 is 1.08 bits per heavy atom. The summed E-state index contributed by atoms with van der Waals surface area (Å²) in [7, 11) is 0. The molecule has 2 aromatic rings. The van der Waals surface area contributed by atoms with Gasteiger partial charge in [0.25, 0.3) is 5.91 Å². The number of nitrogens with one attached hydrogen (secondary N) is 1. The van der Waals surface area contributed by atoms with E-state index in [9.17, 15) is 14.4 Å². The zero-order valence-electron chi connectivity index (χ0n) is 13.5. The molecular formula is C18H19NO4S. The van der Waals surface area contributed by atoms with Crippen LogP contribution in [0.4, 0.5) is 0 Å². The number of benzene rings is 1. The molecule has 0 aliphatic carbocycles. The number of carbonyl (C=O) groups excluding carboxylic acids is 3. The van der Waals surface area contributed by atoms with Crippen LogP contribution >= 0.6 is 11.3 Å². The predicted octanol–water partition coefficient (Wildman–Crippen LogP) is 2.93. The molecule has 1 heterocycles. The molecule has 0 fully saturated rings. The highest BCUT2D eigenvalue weighted by molar-refractivity contribution is 7.12. The molecule has 0 saturated heterocycles. The van der Waals surface area contributed by atoms with Crippen molar-refractivity contribution >= 4 is 29.0 Å². The van der Waals surface area contributed by atoms with Crippen LogP contribution in [0.15, 0.2) is 47.8 Å². The molecule has 0 unspecified atom stereocenters. The number of amides is 1. The second kappa shape index (κ2) is 8.40. The molecule has 1 aromatic carbocycles. The van der Waals surface area contributed by atoms with Crippen LogP contribution < -0.4 is 5.32 Å². The first kappa shape index (κ1) is 17.9. The van der Waals surface area contributed by atoms with Crippen LogP contribution in [0.5, 0.6) is 0 Å². The van der Waals surface area contributed by atoms with Gasteiger partial charge in [0.1, 0.15) is 6.04 Å². The van der Waals surface area contributed by atoms with Crippen molar-refractivity contribution < 1.29 is 19.1 Å². The smallest absolute Gasteiger partial charge is 0.329 e. The summed E-state index contributed by atoms with van der Waals surface area (Å²) in [6.45, 7) is 3.26. The number of ketones is 1. The summed E-state index contributed by atoms with van der Waals surface area (Å²) in [4.78, 5) is 36.9. The van der Waals surface area contributed by atoms with Crippen LogP contribution in [0.25, 0.3) is 0 Å². The van der Waals surface area contributed by atoms with Gasteiger partial charge in [0.05, 0.1) is 4.88 Å². The Hall–Kier alpha value is -2.47. The molecule has 2 rings (SSSR count). The third-order valence-corrected chi connectivity index (χ3v) is 4.26. The van der Waals surface area contributed by atoms with Gasteiger partial charge >= 0.3 is 5.97 Å². The Morgan fingerprint density at radius 2 is 1.79 bits per heavy atom. The maximum atomic E-state index is 12.2. The number of Topliss-reactive ketones (excluding diaryl/α,β-unsaturated/α-hetero) is 1. The lowest BCUT2D eigenvalue weighted by molar-refractivity contribution is -0.145. The minimum Gasteiger partial charge on any atom is -0.456 e. The molecule has 0 spiro atoms. The van der Waals surface area contributed by atoms with Crippen LogP contribution in [0.3, 0.4) is 0 Å². The van der Waals surface area contributed by atoms with Gasteiger partial charge in [-0.3, -0.25) is 9.59 Å². The molecule has 5 nitrogen and oxygen atoms in total. The van der Waals surface area contributed by atoms with Crippen LogP contribution in [0.1, 0.15) is 33.9 Å². The Kier molecular flexibility index (Phi) is 6.26. The molecule has 0 radical (unpaired) electrons. The molecule has 1 amide bonds. The number of rotatable bonds is 7. The number of thiophene rings is 1. The van der Waals surface area contributed by atoms with Gasteiger partial charge in [-0.25, -0.2) is 4.79 Å². The molecule has 0 bridgehead atoms.